The molecule has 250 valence electrons. The third-order valence-corrected chi connectivity index (χ3v) is 7.51. The molecule has 0 spiro atoms. The van der Waals surface area contributed by atoms with Crippen LogP contribution in [0.25, 0.3) is 22.3 Å². The first-order chi connectivity index (χ1) is 22.9. The van der Waals surface area contributed by atoms with Crippen molar-refractivity contribution in [3.05, 3.63) is 77.6 Å². The zero-order chi connectivity index (χ0) is 34.6. The van der Waals surface area contributed by atoms with Crippen LogP contribution in [0.1, 0.15) is 37.5 Å². The molecule has 2 aromatic carbocycles. The molecule has 5 aromatic rings. The van der Waals surface area contributed by atoms with Crippen molar-refractivity contribution in [3.8, 4) is 40.3 Å². The summed E-state index contributed by atoms with van der Waals surface area (Å²) in [6.07, 6.45) is 0.953. The number of pyridine rings is 2. The van der Waals surface area contributed by atoms with E-state index in [0.717, 1.165) is 16.7 Å². The molecule has 0 fully saturated rings. The fourth-order valence-electron chi connectivity index (χ4n) is 5.02. The lowest BCUT2D eigenvalue weighted by atomic mass is 10.1. The van der Waals surface area contributed by atoms with Gasteiger partial charge in [-0.25, -0.2) is 24.7 Å². The molecule has 0 saturated heterocycles. The summed E-state index contributed by atoms with van der Waals surface area (Å²) in [4.78, 5) is 33.0. The Labute approximate surface area is 280 Å². The molecule has 0 aliphatic carbocycles. The van der Waals surface area contributed by atoms with E-state index >= 15 is 0 Å². The monoisotopic (exact) mass is 652 g/mol. The van der Waals surface area contributed by atoms with Gasteiger partial charge in [0.15, 0.2) is 0 Å². The summed E-state index contributed by atoms with van der Waals surface area (Å²) in [5, 5.41) is 3.99. The van der Waals surface area contributed by atoms with Gasteiger partial charge in [-0.05, 0) is 76.6 Å². The normalized spacial score (nSPS) is 11.2. The van der Waals surface area contributed by atoms with E-state index in [4.69, 9.17) is 33.7 Å². The molecular formula is C36H40N6O6. The molecule has 0 aliphatic rings. The van der Waals surface area contributed by atoms with Crippen LogP contribution in [-0.2, 0) is 11.3 Å². The number of amides is 1. The average Bonchev–Trinajstić information content (AvgIpc) is 3.07. The summed E-state index contributed by atoms with van der Waals surface area (Å²) in [6, 6.07) is 16.6. The number of anilines is 2. The highest BCUT2D eigenvalue weighted by Gasteiger charge is 2.23. The van der Waals surface area contributed by atoms with E-state index in [1.165, 1.54) is 11.2 Å². The van der Waals surface area contributed by atoms with Gasteiger partial charge in [-0.2, -0.15) is 0 Å². The Hall–Kier alpha value is -5.65. The highest BCUT2D eigenvalue weighted by atomic mass is 16.6. The maximum Gasteiger partial charge on any atom is 0.415 e. The minimum Gasteiger partial charge on any atom is -0.497 e. The molecule has 5 rings (SSSR count). The summed E-state index contributed by atoms with van der Waals surface area (Å²) < 4.78 is 28.7. The quantitative estimate of drug-likeness (QED) is 0.161. The Morgan fingerprint density at radius 2 is 1.65 bits per heavy atom. The van der Waals surface area contributed by atoms with Crippen molar-refractivity contribution in [2.75, 3.05) is 38.6 Å². The molecule has 1 N–H and O–H groups in total. The summed E-state index contributed by atoms with van der Waals surface area (Å²) in [5.74, 6) is 3.80. The summed E-state index contributed by atoms with van der Waals surface area (Å²) in [7, 11) is 6.45. The molecule has 12 nitrogen and oxygen atoms in total. The van der Waals surface area contributed by atoms with E-state index < -0.39 is 11.7 Å². The Balaban J connectivity index is 1.61. The van der Waals surface area contributed by atoms with Crippen LogP contribution < -0.4 is 29.2 Å². The number of nitrogens with one attached hydrogen (secondary N) is 1. The summed E-state index contributed by atoms with van der Waals surface area (Å²) in [6.45, 7) is 9.71. The van der Waals surface area contributed by atoms with E-state index in [1.807, 2.05) is 77.1 Å². The van der Waals surface area contributed by atoms with Gasteiger partial charge in [-0.15, -0.1) is 0 Å². The molecule has 0 bridgehead atoms. The van der Waals surface area contributed by atoms with Crippen molar-refractivity contribution in [3.63, 3.8) is 0 Å². The van der Waals surface area contributed by atoms with E-state index in [9.17, 15) is 4.79 Å². The standard InChI is InChI=1S/C36H40N6O6/c1-21-13-16-28(45-8)22(2)32(21)47-34-31-27(38-20-39-33(31)37-19-23-14-15-24(44-7)17-29(23)46-9)18-26(41-34)25-11-10-12-30(40-25)42(6)35(43)48-36(3,4)5/h10-18,20H,19H2,1-9H3,(H,37,38,39). The van der Waals surface area contributed by atoms with Crippen LogP contribution in [0.4, 0.5) is 16.4 Å². The zero-order valence-corrected chi connectivity index (χ0v) is 28.7. The van der Waals surface area contributed by atoms with Gasteiger partial charge in [0.05, 0.1) is 38.2 Å². The maximum absolute atomic E-state index is 12.8. The lowest BCUT2D eigenvalue weighted by Crippen LogP contribution is -2.34. The topological polar surface area (TPSA) is 130 Å². The molecule has 0 atom stereocenters. The van der Waals surface area contributed by atoms with Gasteiger partial charge in [-0.1, -0.05) is 12.1 Å². The second-order valence-electron chi connectivity index (χ2n) is 12.0. The molecule has 0 unspecified atom stereocenters. The minimum atomic E-state index is -0.657. The Bertz CT molecular complexity index is 1960. The van der Waals surface area contributed by atoms with Crippen molar-refractivity contribution >= 4 is 28.6 Å². The Morgan fingerprint density at radius 1 is 0.875 bits per heavy atom. The molecule has 48 heavy (non-hydrogen) atoms. The second kappa shape index (κ2) is 14.0. The lowest BCUT2D eigenvalue weighted by molar-refractivity contribution is 0.0588. The number of carbonyl (C=O) groups excluding carboxylic acids is 1. The largest absolute Gasteiger partial charge is 0.497 e. The van der Waals surface area contributed by atoms with Crippen LogP contribution in [0, 0.1) is 13.8 Å². The van der Waals surface area contributed by atoms with E-state index in [0.29, 0.717) is 63.5 Å². The number of fused-ring (bicyclic) bond motifs is 1. The number of methoxy groups -OCH3 is 3. The zero-order valence-electron chi connectivity index (χ0n) is 28.7. The summed E-state index contributed by atoms with van der Waals surface area (Å²) >= 11 is 0. The van der Waals surface area contributed by atoms with Crippen LogP contribution in [-0.4, -0.2) is 60.0 Å². The van der Waals surface area contributed by atoms with Crippen LogP contribution in [0.2, 0.25) is 0 Å². The molecule has 0 saturated carbocycles. The van der Waals surface area contributed by atoms with Crippen LogP contribution >= 0.6 is 0 Å². The molecule has 0 aliphatic heterocycles. The van der Waals surface area contributed by atoms with Crippen molar-refractivity contribution in [2.24, 2.45) is 0 Å². The SMILES string of the molecule is COc1ccc(CNc2ncnc3cc(-c4cccc(N(C)C(=O)OC(C)(C)C)n4)nc(Oc4c(C)ccc(OC)c4C)c23)c(OC)c1. The highest BCUT2D eigenvalue weighted by molar-refractivity contribution is 5.95. The first-order valence-corrected chi connectivity index (χ1v) is 15.3. The molecule has 3 aromatic heterocycles. The Kier molecular flexibility index (Phi) is 9.83. The predicted molar refractivity (Wildman–Crippen MR) is 185 cm³/mol. The number of nitrogens with zero attached hydrogens (tertiary/aromatic N) is 5. The van der Waals surface area contributed by atoms with Crippen LogP contribution in [0.15, 0.2) is 60.9 Å². The number of ether oxygens (including phenoxy) is 5. The number of hydrogen-bond acceptors (Lipinski definition) is 11. The van der Waals surface area contributed by atoms with Gasteiger partial charge in [0.25, 0.3) is 0 Å². The van der Waals surface area contributed by atoms with Crippen LogP contribution in [0.5, 0.6) is 28.9 Å². The third-order valence-electron chi connectivity index (χ3n) is 7.51. The van der Waals surface area contributed by atoms with E-state index in [2.05, 4.69) is 15.3 Å². The fraction of sp³-hybridized carbons (Fsp3) is 0.306. The molecular weight excluding hydrogens is 612 g/mol. The van der Waals surface area contributed by atoms with E-state index in [-0.39, 0.29) is 5.88 Å². The summed E-state index contributed by atoms with van der Waals surface area (Å²) in [5.41, 5.74) is 3.50. The van der Waals surface area contributed by atoms with E-state index in [1.54, 1.807) is 40.5 Å². The van der Waals surface area contributed by atoms with Gasteiger partial charge in [-0.3, -0.25) is 4.90 Å². The second-order valence-corrected chi connectivity index (χ2v) is 12.0. The number of benzene rings is 2. The third kappa shape index (κ3) is 7.33. The number of aryl methyl sites for hydroxylation is 1. The Morgan fingerprint density at radius 3 is 2.35 bits per heavy atom. The lowest BCUT2D eigenvalue weighted by Gasteiger charge is -2.24. The number of rotatable bonds is 10. The number of aromatic nitrogens is 4. The first kappa shape index (κ1) is 33.7. The fourth-order valence-corrected chi connectivity index (χ4v) is 5.02. The maximum atomic E-state index is 12.8. The van der Waals surface area contributed by atoms with Crippen molar-refractivity contribution < 1.29 is 28.5 Å². The van der Waals surface area contributed by atoms with Crippen molar-refractivity contribution in [1.82, 2.24) is 19.9 Å². The first-order valence-electron chi connectivity index (χ1n) is 15.3. The van der Waals surface area contributed by atoms with Gasteiger partial charge in [0.1, 0.15) is 51.9 Å². The van der Waals surface area contributed by atoms with Crippen LogP contribution in [0.3, 0.4) is 0 Å². The smallest absolute Gasteiger partial charge is 0.415 e. The number of carbonyl (C=O) groups is 1. The van der Waals surface area contributed by atoms with Gasteiger partial charge < -0.3 is 29.0 Å². The molecule has 1 amide bonds. The minimum absolute atomic E-state index is 0.263. The molecule has 0 radical (unpaired) electrons. The van der Waals surface area contributed by atoms with Gasteiger partial charge in [0.2, 0.25) is 5.88 Å². The predicted octanol–water partition coefficient (Wildman–Crippen LogP) is 7.51. The number of hydrogen-bond donors (Lipinski definition) is 1. The highest BCUT2D eigenvalue weighted by Crippen LogP contribution is 2.39. The van der Waals surface area contributed by atoms with Crippen molar-refractivity contribution in [1.29, 1.82) is 0 Å². The van der Waals surface area contributed by atoms with Crippen molar-refractivity contribution in [2.45, 2.75) is 46.8 Å². The average molecular weight is 653 g/mol. The molecule has 3 heterocycles. The van der Waals surface area contributed by atoms with Gasteiger partial charge in [0, 0.05) is 30.8 Å². The molecule has 12 heteroatoms. The van der Waals surface area contributed by atoms with Gasteiger partial charge >= 0.3 is 6.09 Å².